The summed E-state index contributed by atoms with van der Waals surface area (Å²) < 4.78 is 5.81. The third kappa shape index (κ3) is 2.74. The Morgan fingerprint density at radius 2 is 2.20 bits per heavy atom. The van der Waals surface area contributed by atoms with Crippen LogP contribution in [0.2, 0.25) is 0 Å². The smallest absolute Gasteiger partial charge is 0.134 e. The molecule has 3 heteroatoms. The topological polar surface area (TPSA) is 28.4 Å². The van der Waals surface area contributed by atoms with Gasteiger partial charge in [0.15, 0.2) is 0 Å². The molecule has 108 valence electrons. The number of rotatable bonds is 5. The van der Waals surface area contributed by atoms with E-state index < -0.39 is 0 Å². The van der Waals surface area contributed by atoms with Gasteiger partial charge in [-0.05, 0) is 45.0 Å². The van der Waals surface area contributed by atoms with Gasteiger partial charge in [-0.3, -0.25) is 0 Å². The third-order valence-electron chi connectivity index (χ3n) is 4.45. The van der Waals surface area contributed by atoms with Crippen molar-refractivity contribution in [3.63, 3.8) is 0 Å². The van der Waals surface area contributed by atoms with Crippen molar-refractivity contribution in [3.8, 4) is 0 Å². The van der Waals surface area contributed by atoms with Crippen LogP contribution in [0.3, 0.4) is 0 Å². The van der Waals surface area contributed by atoms with Crippen molar-refractivity contribution in [1.29, 1.82) is 0 Å². The van der Waals surface area contributed by atoms with Crippen LogP contribution < -0.4 is 5.32 Å². The molecule has 1 aliphatic rings. The first-order valence-electron chi connectivity index (χ1n) is 7.68. The molecule has 0 amide bonds. The van der Waals surface area contributed by atoms with Crippen LogP contribution in [0, 0.1) is 12.8 Å². The first kappa shape index (κ1) is 13.7. The van der Waals surface area contributed by atoms with Gasteiger partial charge >= 0.3 is 0 Å². The van der Waals surface area contributed by atoms with Gasteiger partial charge in [-0.1, -0.05) is 25.1 Å². The summed E-state index contributed by atoms with van der Waals surface area (Å²) in [5.74, 6) is 1.84. The Kier molecular flexibility index (Phi) is 4.08. The Labute approximate surface area is 120 Å². The molecule has 1 aliphatic heterocycles. The first-order valence-corrected chi connectivity index (χ1v) is 7.68. The minimum absolute atomic E-state index is 0.799. The van der Waals surface area contributed by atoms with E-state index in [0.717, 1.165) is 30.4 Å². The lowest BCUT2D eigenvalue weighted by Gasteiger charge is -2.13. The Bertz CT molecular complexity index is 575. The van der Waals surface area contributed by atoms with Crippen LogP contribution in [-0.2, 0) is 6.54 Å². The average molecular weight is 272 g/mol. The summed E-state index contributed by atoms with van der Waals surface area (Å²) >= 11 is 0. The molecule has 1 unspecified atom stereocenters. The fourth-order valence-electron chi connectivity index (χ4n) is 3.21. The van der Waals surface area contributed by atoms with Crippen molar-refractivity contribution >= 4 is 11.0 Å². The lowest BCUT2D eigenvalue weighted by atomic mass is 10.1. The summed E-state index contributed by atoms with van der Waals surface area (Å²) in [6, 6.07) is 8.30. The molecule has 1 saturated heterocycles. The molecule has 1 fully saturated rings. The predicted molar refractivity (Wildman–Crippen MR) is 82.9 cm³/mol. The maximum absolute atomic E-state index is 5.81. The quantitative estimate of drug-likeness (QED) is 0.906. The van der Waals surface area contributed by atoms with E-state index in [1.165, 1.54) is 37.0 Å². The molecule has 0 saturated carbocycles. The summed E-state index contributed by atoms with van der Waals surface area (Å²) in [7, 11) is 0. The van der Waals surface area contributed by atoms with Crippen molar-refractivity contribution in [3.05, 3.63) is 35.6 Å². The van der Waals surface area contributed by atoms with Crippen LogP contribution in [-0.4, -0.2) is 31.1 Å². The highest BCUT2D eigenvalue weighted by molar-refractivity contribution is 5.82. The number of fused-ring (bicyclic) bond motifs is 1. The number of benzene rings is 1. The summed E-state index contributed by atoms with van der Waals surface area (Å²) in [6.07, 6.45) is 1.33. The Balaban J connectivity index is 1.59. The second-order valence-corrected chi connectivity index (χ2v) is 5.81. The molecule has 20 heavy (non-hydrogen) atoms. The normalized spacial score (nSPS) is 20.0. The molecule has 0 bridgehead atoms. The minimum atomic E-state index is 0.799. The fourth-order valence-corrected chi connectivity index (χ4v) is 3.21. The molecule has 1 aromatic carbocycles. The molecule has 0 spiro atoms. The molecular weight excluding hydrogens is 248 g/mol. The minimum Gasteiger partial charge on any atom is -0.461 e. The Morgan fingerprint density at radius 3 is 3.00 bits per heavy atom. The van der Waals surface area contributed by atoms with E-state index >= 15 is 0 Å². The monoisotopic (exact) mass is 272 g/mol. The Hall–Kier alpha value is -1.32. The highest BCUT2D eigenvalue weighted by atomic mass is 16.3. The zero-order valence-electron chi connectivity index (χ0n) is 12.5. The van der Waals surface area contributed by atoms with Gasteiger partial charge in [0.05, 0.1) is 0 Å². The van der Waals surface area contributed by atoms with Crippen molar-refractivity contribution in [2.75, 3.05) is 26.2 Å². The molecular formula is C17H24N2O. The summed E-state index contributed by atoms with van der Waals surface area (Å²) in [5, 5.41) is 4.87. The fraction of sp³-hybridized carbons (Fsp3) is 0.529. The van der Waals surface area contributed by atoms with E-state index in [4.69, 9.17) is 4.42 Å². The Morgan fingerprint density at radius 1 is 1.35 bits per heavy atom. The summed E-state index contributed by atoms with van der Waals surface area (Å²) in [4.78, 5) is 2.53. The zero-order valence-corrected chi connectivity index (χ0v) is 12.5. The zero-order chi connectivity index (χ0) is 13.9. The predicted octanol–water partition coefficient (Wildman–Crippen LogP) is 3.17. The SMILES string of the molecule is CCN1CCC(CNCc2c(C)oc3ccccc23)C1. The number of nitrogens with one attached hydrogen (secondary N) is 1. The number of likely N-dealkylation sites (tertiary alicyclic amines) is 1. The van der Waals surface area contributed by atoms with E-state index in [9.17, 15) is 0 Å². The van der Waals surface area contributed by atoms with Gasteiger partial charge in [-0.15, -0.1) is 0 Å². The third-order valence-corrected chi connectivity index (χ3v) is 4.45. The maximum Gasteiger partial charge on any atom is 0.134 e. The lowest BCUT2D eigenvalue weighted by Crippen LogP contribution is -2.26. The van der Waals surface area contributed by atoms with E-state index in [-0.39, 0.29) is 0 Å². The molecule has 1 atom stereocenters. The largest absolute Gasteiger partial charge is 0.461 e. The van der Waals surface area contributed by atoms with Gasteiger partial charge in [0.2, 0.25) is 0 Å². The number of aryl methyl sites for hydroxylation is 1. The van der Waals surface area contributed by atoms with Crippen LogP contribution >= 0.6 is 0 Å². The van der Waals surface area contributed by atoms with Crippen molar-refractivity contribution in [2.45, 2.75) is 26.8 Å². The van der Waals surface area contributed by atoms with Crippen LogP contribution in [0.1, 0.15) is 24.7 Å². The first-order chi connectivity index (χ1) is 9.78. The number of para-hydroxylation sites is 1. The van der Waals surface area contributed by atoms with Gasteiger partial charge in [-0.2, -0.15) is 0 Å². The molecule has 0 radical (unpaired) electrons. The van der Waals surface area contributed by atoms with Crippen molar-refractivity contribution in [1.82, 2.24) is 10.2 Å². The maximum atomic E-state index is 5.81. The summed E-state index contributed by atoms with van der Waals surface area (Å²) in [5.41, 5.74) is 2.31. The van der Waals surface area contributed by atoms with Crippen LogP contribution in [0.15, 0.2) is 28.7 Å². The van der Waals surface area contributed by atoms with Crippen LogP contribution in [0.25, 0.3) is 11.0 Å². The van der Waals surface area contributed by atoms with Crippen LogP contribution in [0.4, 0.5) is 0 Å². The second-order valence-electron chi connectivity index (χ2n) is 5.81. The summed E-state index contributed by atoms with van der Waals surface area (Å²) in [6.45, 7) is 10.0. The van der Waals surface area contributed by atoms with Gasteiger partial charge in [0, 0.05) is 24.0 Å². The van der Waals surface area contributed by atoms with E-state index in [1.807, 2.05) is 12.1 Å². The lowest BCUT2D eigenvalue weighted by molar-refractivity contribution is 0.339. The van der Waals surface area contributed by atoms with Gasteiger partial charge in [0.25, 0.3) is 0 Å². The highest BCUT2D eigenvalue weighted by Gasteiger charge is 2.20. The van der Waals surface area contributed by atoms with Crippen molar-refractivity contribution < 1.29 is 4.42 Å². The second kappa shape index (κ2) is 5.98. The number of furan rings is 1. The van der Waals surface area contributed by atoms with E-state index in [0.29, 0.717) is 0 Å². The number of nitrogens with zero attached hydrogens (tertiary/aromatic N) is 1. The number of hydrogen-bond donors (Lipinski definition) is 1. The molecule has 1 aromatic heterocycles. The number of hydrogen-bond acceptors (Lipinski definition) is 3. The highest BCUT2D eigenvalue weighted by Crippen LogP contribution is 2.25. The van der Waals surface area contributed by atoms with Gasteiger partial charge < -0.3 is 14.6 Å². The molecule has 2 heterocycles. The van der Waals surface area contributed by atoms with Crippen molar-refractivity contribution in [2.24, 2.45) is 5.92 Å². The van der Waals surface area contributed by atoms with Gasteiger partial charge in [0.1, 0.15) is 11.3 Å². The molecule has 3 nitrogen and oxygen atoms in total. The van der Waals surface area contributed by atoms with Gasteiger partial charge in [-0.25, -0.2) is 0 Å². The average Bonchev–Trinajstić information content (AvgIpc) is 3.04. The van der Waals surface area contributed by atoms with Crippen LogP contribution in [0.5, 0.6) is 0 Å². The molecule has 2 aromatic rings. The van der Waals surface area contributed by atoms with E-state index in [2.05, 4.69) is 36.2 Å². The standard InChI is InChI=1S/C17H24N2O/c1-3-19-9-8-14(12-19)10-18-11-16-13(2)20-17-7-5-4-6-15(16)17/h4-7,14,18H,3,8-12H2,1-2H3. The molecule has 1 N–H and O–H groups in total. The molecule has 0 aliphatic carbocycles. The molecule has 3 rings (SSSR count). The van der Waals surface area contributed by atoms with E-state index in [1.54, 1.807) is 0 Å².